The highest BCUT2D eigenvalue weighted by atomic mass is 16.3. The lowest BCUT2D eigenvalue weighted by Gasteiger charge is -2.12. The molecule has 0 bridgehead atoms. The lowest BCUT2D eigenvalue weighted by molar-refractivity contribution is 0.0886. The monoisotopic (exact) mass is 345 g/mol. The number of Topliss-reactive ketones (excluding diaryl/α,β-unsaturated/α-hetero) is 2. The van der Waals surface area contributed by atoms with E-state index in [4.69, 9.17) is 0 Å². The minimum Gasteiger partial charge on any atom is -0.506 e. The van der Waals surface area contributed by atoms with E-state index in [-0.39, 0.29) is 23.0 Å². The Bertz CT molecular complexity index is 1080. The molecule has 1 N–H and O–H groups in total. The fourth-order valence-electron chi connectivity index (χ4n) is 3.53. The van der Waals surface area contributed by atoms with Crippen molar-refractivity contribution in [1.29, 1.82) is 0 Å². The normalized spacial score (nSPS) is 16.5. The Morgan fingerprint density at radius 3 is 2.42 bits per heavy atom. The van der Waals surface area contributed by atoms with Crippen LogP contribution < -0.4 is 0 Å². The number of aryl methyl sites for hydroxylation is 1. The molecule has 0 radical (unpaired) electrons. The predicted molar refractivity (Wildman–Crippen MR) is 100 cm³/mol. The van der Waals surface area contributed by atoms with Crippen molar-refractivity contribution in [2.45, 2.75) is 32.6 Å². The maximum atomic E-state index is 12.8. The zero-order valence-electron chi connectivity index (χ0n) is 14.9. The molecule has 0 spiro atoms. The summed E-state index contributed by atoms with van der Waals surface area (Å²) >= 11 is 0. The molecule has 2 aromatic carbocycles. The van der Waals surface area contributed by atoms with Crippen LogP contribution in [0.3, 0.4) is 0 Å². The largest absolute Gasteiger partial charge is 0.506 e. The van der Waals surface area contributed by atoms with Crippen LogP contribution in [0.15, 0.2) is 42.5 Å². The summed E-state index contributed by atoms with van der Waals surface area (Å²) in [6.07, 6.45) is 0. The van der Waals surface area contributed by atoms with Crippen LogP contribution in [0.4, 0.5) is 0 Å². The molecule has 1 aromatic heterocycles. The van der Waals surface area contributed by atoms with Crippen molar-refractivity contribution >= 4 is 22.5 Å². The minimum absolute atomic E-state index is 0.116. The Morgan fingerprint density at radius 1 is 0.962 bits per heavy atom. The Morgan fingerprint density at radius 2 is 1.69 bits per heavy atom. The molecule has 0 aliphatic heterocycles. The van der Waals surface area contributed by atoms with Crippen LogP contribution in [-0.2, 0) is 0 Å². The topological polar surface area (TPSA) is 67.3 Å². The van der Waals surface area contributed by atoms with Gasteiger partial charge in [-0.3, -0.25) is 9.59 Å². The van der Waals surface area contributed by atoms with Gasteiger partial charge in [0, 0.05) is 16.5 Å². The highest BCUT2D eigenvalue weighted by Gasteiger charge is 2.42. The van der Waals surface area contributed by atoms with Gasteiger partial charge in [-0.05, 0) is 42.7 Å². The van der Waals surface area contributed by atoms with Crippen molar-refractivity contribution in [1.82, 2.24) is 4.98 Å². The first kappa shape index (κ1) is 16.5. The van der Waals surface area contributed by atoms with Crippen LogP contribution in [0, 0.1) is 6.92 Å². The number of nitrogens with zero attached hydrogens (tertiary/aromatic N) is 1. The van der Waals surface area contributed by atoms with Crippen molar-refractivity contribution < 1.29 is 14.7 Å². The number of hydrogen-bond acceptors (Lipinski definition) is 4. The van der Waals surface area contributed by atoms with Crippen LogP contribution in [-0.4, -0.2) is 21.7 Å². The van der Waals surface area contributed by atoms with Gasteiger partial charge in [0.2, 0.25) is 0 Å². The first-order valence-corrected chi connectivity index (χ1v) is 8.69. The number of benzene rings is 2. The lowest BCUT2D eigenvalue weighted by Crippen LogP contribution is -2.14. The molecule has 3 aromatic rings. The Labute approximate surface area is 151 Å². The summed E-state index contributed by atoms with van der Waals surface area (Å²) < 4.78 is 0. The number of hydrogen-bond donors (Lipinski definition) is 1. The van der Waals surface area contributed by atoms with E-state index < -0.39 is 5.92 Å². The van der Waals surface area contributed by atoms with Crippen LogP contribution in [0.2, 0.25) is 0 Å². The second kappa shape index (κ2) is 5.77. The fraction of sp³-hybridized carbons (Fsp3) is 0.227. The SMILES string of the molecule is Cc1ccc2c(c1)C(=O)C(c1nc3ccc(C(C)C)cc3cc1O)C2=O. The Kier molecular flexibility index (Phi) is 3.65. The molecule has 1 aliphatic carbocycles. The Balaban J connectivity index is 1.85. The number of ketones is 2. The summed E-state index contributed by atoms with van der Waals surface area (Å²) in [6.45, 7) is 6.07. The lowest BCUT2D eigenvalue weighted by atomic mass is 9.96. The van der Waals surface area contributed by atoms with Crippen LogP contribution in [0.5, 0.6) is 5.75 Å². The summed E-state index contributed by atoms with van der Waals surface area (Å²) in [7, 11) is 0. The maximum Gasteiger partial charge on any atom is 0.180 e. The molecule has 1 atom stereocenters. The summed E-state index contributed by atoms with van der Waals surface area (Å²) in [6, 6.07) is 12.6. The number of carbonyl (C=O) groups is 2. The highest BCUT2D eigenvalue weighted by Crippen LogP contribution is 2.38. The van der Waals surface area contributed by atoms with Gasteiger partial charge >= 0.3 is 0 Å². The summed E-state index contributed by atoms with van der Waals surface area (Å²) in [5.74, 6) is -1.42. The number of fused-ring (bicyclic) bond motifs is 2. The molecule has 130 valence electrons. The predicted octanol–water partition coefficient (Wildman–Crippen LogP) is 4.54. The highest BCUT2D eigenvalue weighted by molar-refractivity contribution is 6.29. The second-order valence-electron chi connectivity index (χ2n) is 7.21. The smallest absolute Gasteiger partial charge is 0.180 e. The van der Waals surface area contributed by atoms with Crippen molar-refractivity contribution in [3.8, 4) is 5.75 Å². The molecular formula is C22H19NO3. The van der Waals surface area contributed by atoms with Gasteiger partial charge < -0.3 is 5.11 Å². The van der Waals surface area contributed by atoms with E-state index in [1.807, 2.05) is 31.2 Å². The molecule has 26 heavy (non-hydrogen) atoms. The fourth-order valence-corrected chi connectivity index (χ4v) is 3.53. The third-order valence-electron chi connectivity index (χ3n) is 5.02. The van der Waals surface area contributed by atoms with Crippen molar-refractivity contribution in [3.05, 3.63) is 70.4 Å². The van der Waals surface area contributed by atoms with Crippen LogP contribution in [0.1, 0.15) is 63.2 Å². The van der Waals surface area contributed by atoms with E-state index in [1.165, 1.54) is 0 Å². The quantitative estimate of drug-likeness (QED) is 0.693. The molecule has 1 heterocycles. The molecule has 4 nitrogen and oxygen atoms in total. The van der Waals surface area contributed by atoms with Crippen LogP contribution in [0.25, 0.3) is 10.9 Å². The molecule has 4 heteroatoms. The summed E-state index contributed by atoms with van der Waals surface area (Å²) in [4.78, 5) is 30.1. The van der Waals surface area contributed by atoms with Crippen molar-refractivity contribution in [2.24, 2.45) is 0 Å². The molecule has 4 rings (SSSR count). The van der Waals surface area contributed by atoms with Gasteiger partial charge in [0.05, 0.1) is 5.52 Å². The van der Waals surface area contributed by atoms with Gasteiger partial charge in [-0.15, -0.1) is 0 Å². The minimum atomic E-state index is -1.07. The molecule has 0 fully saturated rings. The third-order valence-corrected chi connectivity index (χ3v) is 5.02. The summed E-state index contributed by atoms with van der Waals surface area (Å²) in [5, 5.41) is 11.3. The van der Waals surface area contributed by atoms with Gasteiger partial charge in [0.1, 0.15) is 17.4 Å². The van der Waals surface area contributed by atoms with Crippen molar-refractivity contribution in [3.63, 3.8) is 0 Å². The van der Waals surface area contributed by atoms with Gasteiger partial charge in [0.25, 0.3) is 0 Å². The number of carbonyl (C=O) groups excluding carboxylic acids is 2. The first-order chi connectivity index (χ1) is 12.4. The van der Waals surface area contributed by atoms with Gasteiger partial charge in [0.15, 0.2) is 11.6 Å². The summed E-state index contributed by atoms with van der Waals surface area (Å²) in [5.41, 5.74) is 3.68. The maximum absolute atomic E-state index is 12.8. The third kappa shape index (κ3) is 2.41. The average molecular weight is 345 g/mol. The van der Waals surface area contributed by atoms with E-state index in [9.17, 15) is 14.7 Å². The number of aromatic nitrogens is 1. The first-order valence-electron chi connectivity index (χ1n) is 8.69. The van der Waals surface area contributed by atoms with Crippen LogP contribution >= 0.6 is 0 Å². The molecule has 0 saturated carbocycles. The molecule has 1 aliphatic rings. The van der Waals surface area contributed by atoms with Gasteiger partial charge in [-0.2, -0.15) is 0 Å². The molecule has 0 saturated heterocycles. The molecular weight excluding hydrogens is 326 g/mol. The number of rotatable bonds is 2. The van der Waals surface area contributed by atoms with E-state index in [0.29, 0.717) is 22.6 Å². The van der Waals surface area contributed by atoms with E-state index >= 15 is 0 Å². The van der Waals surface area contributed by atoms with E-state index in [1.54, 1.807) is 18.2 Å². The van der Waals surface area contributed by atoms with E-state index in [2.05, 4.69) is 18.8 Å². The second-order valence-corrected chi connectivity index (χ2v) is 7.21. The zero-order chi connectivity index (χ0) is 18.6. The molecule has 0 amide bonds. The standard InChI is InChI=1S/C22H19NO3/c1-11(2)13-5-7-17-14(9-13)10-18(24)20(23-17)19-21(25)15-6-4-12(3)8-16(15)22(19)26/h4-11,19,24H,1-3H3. The van der Waals surface area contributed by atoms with Gasteiger partial charge in [-0.25, -0.2) is 4.98 Å². The number of pyridine rings is 1. The van der Waals surface area contributed by atoms with Gasteiger partial charge in [-0.1, -0.05) is 37.6 Å². The van der Waals surface area contributed by atoms with E-state index in [0.717, 1.165) is 16.5 Å². The Hall–Kier alpha value is -3.01. The zero-order valence-corrected chi connectivity index (χ0v) is 14.9. The average Bonchev–Trinajstić information content (AvgIpc) is 2.84. The number of aromatic hydroxyl groups is 1. The van der Waals surface area contributed by atoms with Crippen molar-refractivity contribution in [2.75, 3.05) is 0 Å². The molecule has 1 unspecified atom stereocenters.